The Bertz CT molecular complexity index is 828. The summed E-state index contributed by atoms with van der Waals surface area (Å²) in [4.78, 5) is 27.1. The van der Waals surface area contributed by atoms with Crippen LogP contribution in [0, 0.1) is 46.3 Å². The maximum absolute atomic E-state index is 12.8. The average Bonchev–Trinajstić information content (AvgIpc) is 3.20. The third-order valence-electron chi connectivity index (χ3n) is 12.0. The Kier molecular flexibility index (Phi) is 7.50. The molecule has 1 heterocycles. The van der Waals surface area contributed by atoms with E-state index in [-0.39, 0.29) is 29.0 Å². The van der Waals surface area contributed by atoms with Crippen LogP contribution in [0.25, 0.3) is 0 Å². The largest absolute Gasteiger partial charge is 0.462 e. The number of aliphatic hydroxyl groups excluding tert-OH is 1. The molecule has 2 N–H and O–H groups in total. The van der Waals surface area contributed by atoms with Crippen LogP contribution >= 0.6 is 0 Å². The number of hydrogen-bond acceptors (Lipinski definition) is 5. The smallest absolute Gasteiger partial charge is 0.302 e. The maximum atomic E-state index is 12.8. The number of nitrogens with one attached hydrogen (secondary N) is 1. The molecular weight excluding hydrogens is 452 g/mol. The van der Waals surface area contributed by atoms with Crippen LogP contribution in [-0.4, -0.2) is 60.3 Å². The second-order valence-electron chi connectivity index (χ2n) is 13.7. The minimum atomic E-state index is -0.202. The van der Waals surface area contributed by atoms with Crippen molar-refractivity contribution in [1.29, 1.82) is 0 Å². The standard InChI is InChI=1S/C30H50N2O4/c1-19(5-8-27(35)32-15-13-31-14-16-32)23-6-7-24-28-25(10-12-30(23,24)4)29(3)11-9-22(34)17-21(29)18-26(28)36-20(2)33/h19,21-26,28,31,34H,5-18H2,1-4H3/t19?,21?,22-,23?,24?,25?,26+,28?,29+,30-/m1/s1. The zero-order valence-electron chi connectivity index (χ0n) is 23.1. The van der Waals surface area contributed by atoms with Gasteiger partial charge in [0.05, 0.1) is 6.10 Å². The molecule has 6 nitrogen and oxygen atoms in total. The van der Waals surface area contributed by atoms with Gasteiger partial charge in [0.15, 0.2) is 0 Å². The van der Waals surface area contributed by atoms with Gasteiger partial charge >= 0.3 is 5.97 Å². The van der Waals surface area contributed by atoms with Crippen LogP contribution in [0.4, 0.5) is 0 Å². The van der Waals surface area contributed by atoms with Crippen molar-refractivity contribution < 1.29 is 19.4 Å². The van der Waals surface area contributed by atoms with Crippen molar-refractivity contribution in [2.45, 2.75) is 104 Å². The highest BCUT2D eigenvalue weighted by Crippen LogP contribution is 2.68. The highest BCUT2D eigenvalue weighted by molar-refractivity contribution is 5.76. The summed E-state index contributed by atoms with van der Waals surface area (Å²) in [6.45, 7) is 12.5. The summed E-state index contributed by atoms with van der Waals surface area (Å²) in [5.74, 6) is 3.39. The van der Waals surface area contributed by atoms with Gasteiger partial charge in [-0.1, -0.05) is 20.8 Å². The summed E-state index contributed by atoms with van der Waals surface area (Å²) in [6, 6.07) is 0. The predicted molar refractivity (Wildman–Crippen MR) is 140 cm³/mol. The van der Waals surface area contributed by atoms with Gasteiger partial charge in [-0.05, 0) is 98.2 Å². The number of carbonyl (C=O) groups is 2. The van der Waals surface area contributed by atoms with Gasteiger partial charge in [-0.2, -0.15) is 0 Å². The van der Waals surface area contributed by atoms with Gasteiger partial charge in [-0.3, -0.25) is 9.59 Å². The van der Waals surface area contributed by atoms with Crippen LogP contribution in [0.2, 0.25) is 0 Å². The molecular formula is C30H50N2O4. The van der Waals surface area contributed by atoms with E-state index in [0.29, 0.717) is 47.8 Å². The van der Waals surface area contributed by atoms with E-state index in [2.05, 4.69) is 26.1 Å². The normalized spacial score (nSPS) is 45.2. The lowest BCUT2D eigenvalue weighted by Gasteiger charge is -2.62. The Morgan fingerprint density at radius 3 is 2.44 bits per heavy atom. The first kappa shape index (κ1) is 26.5. The number of fused-ring (bicyclic) bond motifs is 5. The fourth-order valence-electron chi connectivity index (χ4n) is 10.1. The maximum Gasteiger partial charge on any atom is 0.302 e. The summed E-state index contributed by atoms with van der Waals surface area (Å²) < 4.78 is 6.11. The van der Waals surface area contributed by atoms with Gasteiger partial charge in [0.25, 0.3) is 0 Å². The summed E-state index contributed by atoms with van der Waals surface area (Å²) in [5, 5.41) is 13.8. The van der Waals surface area contributed by atoms with Crippen LogP contribution in [0.3, 0.4) is 0 Å². The number of amides is 1. The van der Waals surface area contributed by atoms with Gasteiger partial charge < -0.3 is 20.1 Å². The van der Waals surface area contributed by atoms with E-state index in [0.717, 1.165) is 58.3 Å². The molecule has 0 spiro atoms. The number of ether oxygens (including phenoxy) is 1. The Hall–Kier alpha value is -1.14. The van der Waals surface area contributed by atoms with Gasteiger partial charge in [0, 0.05) is 45.4 Å². The first-order valence-corrected chi connectivity index (χ1v) is 15.0. The first-order valence-electron chi connectivity index (χ1n) is 15.0. The molecule has 0 aromatic carbocycles. The topological polar surface area (TPSA) is 78.9 Å². The number of esters is 1. The molecule has 4 saturated carbocycles. The Balaban J connectivity index is 1.31. The number of aliphatic hydroxyl groups is 1. The number of rotatable bonds is 5. The third-order valence-corrected chi connectivity index (χ3v) is 12.0. The summed E-state index contributed by atoms with van der Waals surface area (Å²) in [5.41, 5.74) is 0.510. The molecule has 4 aliphatic carbocycles. The van der Waals surface area contributed by atoms with Crippen molar-refractivity contribution in [3.63, 3.8) is 0 Å². The molecule has 0 aromatic rings. The van der Waals surface area contributed by atoms with Crippen molar-refractivity contribution >= 4 is 11.9 Å². The minimum absolute atomic E-state index is 0.0103. The monoisotopic (exact) mass is 502 g/mol. The average molecular weight is 503 g/mol. The van der Waals surface area contributed by atoms with Crippen molar-refractivity contribution in [2.75, 3.05) is 26.2 Å². The number of piperazine rings is 1. The van der Waals surface area contributed by atoms with Gasteiger partial charge in [0.1, 0.15) is 6.10 Å². The molecule has 5 fully saturated rings. The van der Waals surface area contributed by atoms with E-state index in [1.54, 1.807) is 6.92 Å². The minimum Gasteiger partial charge on any atom is -0.462 e. The second kappa shape index (κ2) is 10.2. The Labute approximate surface area is 218 Å². The third kappa shape index (κ3) is 4.63. The number of hydrogen-bond donors (Lipinski definition) is 2. The molecule has 5 aliphatic rings. The van der Waals surface area contributed by atoms with Gasteiger partial charge in [-0.25, -0.2) is 0 Å². The highest BCUT2D eigenvalue weighted by atomic mass is 16.5. The van der Waals surface area contributed by atoms with E-state index < -0.39 is 0 Å². The Morgan fingerprint density at radius 2 is 1.72 bits per heavy atom. The molecule has 1 amide bonds. The number of nitrogens with zero attached hydrogens (tertiary/aromatic N) is 1. The van der Waals surface area contributed by atoms with E-state index in [1.807, 2.05) is 4.90 Å². The SMILES string of the molecule is CC(=O)O[C@H]1CC2C[C@H](O)CC[C@]2(C)C2CC[C@]3(C)C(C(C)CCC(=O)N4CCNCC4)CCC3C21. The molecule has 0 aromatic heterocycles. The molecule has 5 rings (SSSR count). The molecule has 1 saturated heterocycles. The van der Waals surface area contributed by atoms with E-state index in [4.69, 9.17) is 4.74 Å². The quantitative estimate of drug-likeness (QED) is 0.545. The van der Waals surface area contributed by atoms with Crippen molar-refractivity contribution in [3.8, 4) is 0 Å². The Morgan fingerprint density at radius 1 is 1.03 bits per heavy atom. The van der Waals surface area contributed by atoms with Crippen LogP contribution in [-0.2, 0) is 14.3 Å². The fraction of sp³-hybridized carbons (Fsp3) is 0.933. The molecule has 10 atom stereocenters. The van der Waals surface area contributed by atoms with E-state index in [9.17, 15) is 14.7 Å². The molecule has 1 aliphatic heterocycles. The predicted octanol–water partition coefficient (Wildman–Crippen LogP) is 4.40. The van der Waals surface area contributed by atoms with Crippen LogP contribution < -0.4 is 5.32 Å². The molecule has 6 heteroatoms. The lowest BCUT2D eigenvalue weighted by atomic mass is 9.43. The molecule has 6 unspecified atom stereocenters. The molecule has 36 heavy (non-hydrogen) atoms. The summed E-state index contributed by atoms with van der Waals surface area (Å²) in [6.07, 6.45) is 10.1. The van der Waals surface area contributed by atoms with Crippen LogP contribution in [0.15, 0.2) is 0 Å². The summed E-state index contributed by atoms with van der Waals surface area (Å²) >= 11 is 0. The van der Waals surface area contributed by atoms with Gasteiger partial charge in [-0.15, -0.1) is 0 Å². The van der Waals surface area contributed by atoms with E-state index in [1.165, 1.54) is 25.7 Å². The number of carbonyl (C=O) groups excluding carboxylic acids is 2. The van der Waals surface area contributed by atoms with Gasteiger partial charge in [0.2, 0.25) is 5.91 Å². The van der Waals surface area contributed by atoms with Crippen molar-refractivity contribution in [1.82, 2.24) is 10.2 Å². The highest BCUT2D eigenvalue weighted by Gasteiger charge is 2.63. The molecule has 0 bridgehead atoms. The fourth-order valence-corrected chi connectivity index (χ4v) is 10.1. The molecule has 204 valence electrons. The zero-order valence-corrected chi connectivity index (χ0v) is 23.1. The lowest BCUT2D eigenvalue weighted by molar-refractivity contribution is -0.194. The lowest BCUT2D eigenvalue weighted by Crippen LogP contribution is -2.59. The van der Waals surface area contributed by atoms with Crippen LogP contribution in [0.1, 0.15) is 91.9 Å². The van der Waals surface area contributed by atoms with E-state index >= 15 is 0 Å². The van der Waals surface area contributed by atoms with Crippen molar-refractivity contribution in [3.05, 3.63) is 0 Å². The first-order chi connectivity index (χ1) is 17.1. The summed E-state index contributed by atoms with van der Waals surface area (Å²) in [7, 11) is 0. The molecule has 0 radical (unpaired) electrons. The van der Waals surface area contributed by atoms with Crippen molar-refractivity contribution in [2.24, 2.45) is 46.3 Å². The zero-order chi connectivity index (χ0) is 25.7. The van der Waals surface area contributed by atoms with Crippen LogP contribution in [0.5, 0.6) is 0 Å². The second-order valence-corrected chi connectivity index (χ2v) is 13.7.